The molecule has 2 aliphatic rings. The molecular weight excluding hydrogens is 320 g/mol. The number of nitrogens with zero attached hydrogens (tertiary/aromatic N) is 4. The first-order valence-corrected chi connectivity index (χ1v) is 8.46. The first-order valence-electron chi connectivity index (χ1n) is 8.46. The van der Waals surface area contributed by atoms with Gasteiger partial charge in [0, 0.05) is 31.6 Å². The van der Waals surface area contributed by atoms with Crippen molar-refractivity contribution in [3.05, 3.63) is 54.4 Å². The van der Waals surface area contributed by atoms with E-state index < -0.39 is 0 Å². The minimum absolute atomic E-state index is 0.0324. The Balaban J connectivity index is 1.33. The number of likely N-dealkylation sites (tertiary alicyclic amines) is 1. The average Bonchev–Trinajstić information content (AvgIpc) is 3.28. The first kappa shape index (κ1) is 16.1. The molecule has 2 fully saturated rings. The highest BCUT2D eigenvalue weighted by Crippen LogP contribution is 2.36. The molecule has 2 atom stereocenters. The Morgan fingerprint density at radius 2 is 2.08 bits per heavy atom. The van der Waals surface area contributed by atoms with E-state index in [0.717, 1.165) is 18.5 Å². The SMILES string of the molecule is O=C(c1ncccn1)N1CC[C@]2(C[C@H](OCc3ccccn3)CO2)C1. The second kappa shape index (κ2) is 6.85. The van der Waals surface area contributed by atoms with E-state index in [1.165, 1.54) is 0 Å². The van der Waals surface area contributed by atoms with Crippen LogP contribution < -0.4 is 0 Å². The summed E-state index contributed by atoms with van der Waals surface area (Å²) in [7, 11) is 0. The maximum atomic E-state index is 12.5. The quantitative estimate of drug-likeness (QED) is 0.839. The number of pyridine rings is 1. The van der Waals surface area contributed by atoms with Crippen LogP contribution >= 0.6 is 0 Å². The number of hydrogen-bond donors (Lipinski definition) is 0. The molecule has 130 valence electrons. The molecule has 0 unspecified atom stereocenters. The Hall–Kier alpha value is -2.38. The molecule has 0 saturated carbocycles. The number of hydrogen-bond acceptors (Lipinski definition) is 6. The normalized spacial score (nSPS) is 25.6. The molecule has 2 aromatic heterocycles. The zero-order valence-electron chi connectivity index (χ0n) is 13.9. The molecule has 0 aliphatic carbocycles. The molecule has 0 bridgehead atoms. The van der Waals surface area contributed by atoms with Gasteiger partial charge in [0.15, 0.2) is 0 Å². The molecule has 0 aromatic carbocycles. The van der Waals surface area contributed by atoms with Gasteiger partial charge in [-0.2, -0.15) is 0 Å². The number of ether oxygens (including phenoxy) is 2. The molecule has 25 heavy (non-hydrogen) atoms. The monoisotopic (exact) mass is 340 g/mol. The van der Waals surface area contributed by atoms with Crippen molar-refractivity contribution in [3.8, 4) is 0 Å². The van der Waals surface area contributed by atoms with Gasteiger partial charge in [-0.1, -0.05) is 6.07 Å². The lowest BCUT2D eigenvalue weighted by atomic mass is 9.98. The molecular formula is C18H20N4O3. The lowest BCUT2D eigenvalue weighted by Gasteiger charge is -2.23. The van der Waals surface area contributed by atoms with Gasteiger partial charge in [-0.3, -0.25) is 9.78 Å². The fourth-order valence-corrected chi connectivity index (χ4v) is 3.45. The summed E-state index contributed by atoms with van der Waals surface area (Å²) in [6.07, 6.45) is 6.57. The van der Waals surface area contributed by atoms with Crippen molar-refractivity contribution >= 4 is 5.91 Å². The zero-order valence-corrected chi connectivity index (χ0v) is 13.9. The summed E-state index contributed by atoms with van der Waals surface area (Å²) in [5.41, 5.74) is 0.604. The van der Waals surface area contributed by atoms with Crippen molar-refractivity contribution in [3.63, 3.8) is 0 Å². The van der Waals surface area contributed by atoms with E-state index >= 15 is 0 Å². The highest BCUT2D eigenvalue weighted by Gasteiger charge is 2.47. The van der Waals surface area contributed by atoms with E-state index in [9.17, 15) is 4.79 Å². The molecule has 0 N–H and O–H groups in total. The Kier molecular flexibility index (Phi) is 4.42. The van der Waals surface area contributed by atoms with Crippen LogP contribution in [0.3, 0.4) is 0 Å². The average molecular weight is 340 g/mol. The van der Waals surface area contributed by atoms with Gasteiger partial charge in [0.05, 0.1) is 37.2 Å². The van der Waals surface area contributed by atoms with Gasteiger partial charge in [0.1, 0.15) is 0 Å². The number of amides is 1. The molecule has 0 radical (unpaired) electrons. The van der Waals surface area contributed by atoms with Crippen molar-refractivity contribution < 1.29 is 14.3 Å². The van der Waals surface area contributed by atoms with Crippen LogP contribution in [0.15, 0.2) is 42.9 Å². The van der Waals surface area contributed by atoms with Gasteiger partial charge in [0.2, 0.25) is 5.82 Å². The summed E-state index contributed by atoms with van der Waals surface area (Å²) >= 11 is 0. The largest absolute Gasteiger partial charge is 0.370 e. The molecule has 2 saturated heterocycles. The summed E-state index contributed by atoms with van der Waals surface area (Å²) in [6, 6.07) is 7.48. The maximum Gasteiger partial charge on any atom is 0.291 e. The lowest BCUT2D eigenvalue weighted by molar-refractivity contribution is -0.000168. The fourth-order valence-electron chi connectivity index (χ4n) is 3.45. The van der Waals surface area contributed by atoms with E-state index in [-0.39, 0.29) is 23.4 Å². The van der Waals surface area contributed by atoms with Crippen LogP contribution in [0.2, 0.25) is 0 Å². The van der Waals surface area contributed by atoms with Crippen LogP contribution in [0.5, 0.6) is 0 Å². The Morgan fingerprint density at radius 1 is 1.24 bits per heavy atom. The molecule has 7 nitrogen and oxygen atoms in total. The third kappa shape index (κ3) is 3.52. The van der Waals surface area contributed by atoms with E-state index in [4.69, 9.17) is 9.47 Å². The van der Waals surface area contributed by atoms with E-state index in [0.29, 0.717) is 26.3 Å². The number of rotatable bonds is 4. The van der Waals surface area contributed by atoms with Crippen molar-refractivity contribution in [2.45, 2.75) is 31.2 Å². The highest BCUT2D eigenvalue weighted by atomic mass is 16.6. The second-order valence-electron chi connectivity index (χ2n) is 6.50. The third-order valence-corrected chi connectivity index (χ3v) is 4.73. The van der Waals surface area contributed by atoms with Gasteiger partial charge in [-0.05, 0) is 24.6 Å². The molecule has 2 aliphatic heterocycles. The summed E-state index contributed by atoms with van der Waals surface area (Å²) in [5, 5.41) is 0. The molecule has 2 aromatic rings. The Labute approximate surface area is 146 Å². The van der Waals surface area contributed by atoms with Crippen molar-refractivity contribution in [1.29, 1.82) is 0 Å². The second-order valence-corrected chi connectivity index (χ2v) is 6.50. The van der Waals surface area contributed by atoms with Crippen molar-refractivity contribution in [2.24, 2.45) is 0 Å². The standard InChI is InChI=1S/C18H20N4O3/c23-17(16-20-7-3-8-21-16)22-9-5-18(13-22)10-15(12-25-18)24-11-14-4-1-2-6-19-14/h1-4,6-8,15H,5,9-13H2/t15-,18-/m0/s1. The number of carbonyl (C=O) groups excluding carboxylic acids is 1. The predicted molar refractivity (Wildman–Crippen MR) is 88.7 cm³/mol. The minimum atomic E-state index is -0.306. The maximum absolute atomic E-state index is 12.5. The number of aromatic nitrogens is 3. The Morgan fingerprint density at radius 3 is 2.88 bits per heavy atom. The Bertz CT molecular complexity index is 728. The van der Waals surface area contributed by atoms with Gasteiger partial charge in [0.25, 0.3) is 5.91 Å². The molecule has 1 spiro atoms. The molecule has 4 rings (SSSR count). The van der Waals surface area contributed by atoms with Crippen LogP contribution in [0.1, 0.15) is 29.2 Å². The van der Waals surface area contributed by atoms with Crippen LogP contribution in [-0.2, 0) is 16.1 Å². The molecule has 7 heteroatoms. The fraction of sp³-hybridized carbons (Fsp3) is 0.444. The lowest BCUT2D eigenvalue weighted by Crippen LogP contribution is -2.36. The van der Waals surface area contributed by atoms with Crippen LogP contribution in [0, 0.1) is 0 Å². The third-order valence-electron chi connectivity index (χ3n) is 4.73. The minimum Gasteiger partial charge on any atom is -0.370 e. The van der Waals surface area contributed by atoms with Crippen LogP contribution in [0.25, 0.3) is 0 Å². The van der Waals surface area contributed by atoms with E-state index in [2.05, 4.69) is 15.0 Å². The van der Waals surface area contributed by atoms with Crippen molar-refractivity contribution in [1.82, 2.24) is 19.9 Å². The summed E-state index contributed by atoms with van der Waals surface area (Å²) in [5.74, 6) is 0.0967. The highest BCUT2D eigenvalue weighted by molar-refractivity contribution is 5.90. The zero-order chi connectivity index (χ0) is 17.1. The summed E-state index contributed by atoms with van der Waals surface area (Å²) in [6.45, 7) is 2.25. The smallest absolute Gasteiger partial charge is 0.291 e. The summed E-state index contributed by atoms with van der Waals surface area (Å²) < 4.78 is 12.0. The van der Waals surface area contributed by atoms with E-state index in [1.807, 2.05) is 18.2 Å². The first-order chi connectivity index (χ1) is 12.2. The van der Waals surface area contributed by atoms with Gasteiger partial charge in [-0.15, -0.1) is 0 Å². The van der Waals surface area contributed by atoms with Crippen LogP contribution in [-0.4, -0.2) is 57.2 Å². The van der Waals surface area contributed by atoms with Crippen LogP contribution in [0.4, 0.5) is 0 Å². The number of carbonyl (C=O) groups is 1. The van der Waals surface area contributed by atoms with Gasteiger partial charge < -0.3 is 14.4 Å². The van der Waals surface area contributed by atoms with E-state index in [1.54, 1.807) is 29.6 Å². The van der Waals surface area contributed by atoms with Gasteiger partial charge in [-0.25, -0.2) is 9.97 Å². The summed E-state index contributed by atoms with van der Waals surface area (Å²) in [4.78, 5) is 26.6. The predicted octanol–water partition coefficient (Wildman–Crippen LogP) is 1.46. The molecule has 4 heterocycles. The molecule has 1 amide bonds. The van der Waals surface area contributed by atoms with Crippen molar-refractivity contribution in [2.75, 3.05) is 19.7 Å². The van der Waals surface area contributed by atoms with Gasteiger partial charge >= 0.3 is 0 Å². The topological polar surface area (TPSA) is 77.4 Å².